The summed E-state index contributed by atoms with van der Waals surface area (Å²) in [7, 11) is 0. The molecule has 0 unspecified atom stereocenters. The molecule has 0 saturated heterocycles. The molecule has 0 amide bonds. The molecule has 0 fully saturated rings. The van der Waals surface area contributed by atoms with Gasteiger partial charge in [0, 0.05) is 47.5 Å². The van der Waals surface area contributed by atoms with Crippen LogP contribution in [-0.2, 0) is 19.3 Å². The molecule has 1 N–H and O–H groups in total. The summed E-state index contributed by atoms with van der Waals surface area (Å²) < 4.78 is 5.56. The highest BCUT2D eigenvalue weighted by atomic mass is 16.5. The molecule has 0 spiro atoms. The van der Waals surface area contributed by atoms with Gasteiger partial charge in [0.25, 0.3) is 0 Å². The number of aromatic nitrogens is 1. The molecule has 1 aromatic heterocycles. The molecule has 30 heavy (non-hydrogen) atoms. The molecule has 3 aromatic carbocycles. The highest BCUT2D eigenvalue weighted by Crippen LogP contribution is 2.25. The first-order chi connectivity index (χ1) is 14.8. The van der Waals surface area contributed by atoms with E-state index in [4.69, 9.17) is 4.74 Å². The molecular weight excluding hydrogens is 370 g/mol. The second kappa shape index (κ2) is 7.93. The number of hydrogen-bond donors (Lipinski definition) is 1. The minimum absolute atomic E-state index is 0.0647. The van der Waals surface area contributed by atoms with E-state index in [2.05, 4.69) is 29.0 Å². The van der Waals surface area contributed by atoms with Crippen LogP contribution in [0.15, 0.2) is 77.7 Å². The Kier molecular flexibility index (Phi) is 4.83. The molecule has 0 atom stereocenters. The number of H-pyrrole nitrogens is 1. The van der Waals surface area contributed by atoms with Gasteiger partial charge in [-0.2, -0.15) is 0 Å². The molecule has 0 bridgehead atoms. The second-order valence-corrected chi connectivity index (χ2v) is 7.58. The standard InChI is InChI=1S/C27H21NO2/c29-27-23(16-19-5-2-1-3-6-19)18-28-25-11-9-21(17-24(25)27)8-4-7-20-10-12-26-22(15-20)13-14-30-26/h1-3,5-6,9-12,15,17-18H,7,13-14,16H2,(H,28,29). The molecule has 2 heterocycles. The minimum atomic E-state index is 0.0647. The molecule has 3 heteroatoms. The van der Waals surface area contributed by atoms with Crippen LogP contribution in [0.1, 0.15) is 27.8 Å². The number of pyridine rings is 1. The maximum Gasteiger partial charge on any atom is 0.192 e. The molecule has 0 radical (unpaired) electrons. The van der Waals surface area contributed by atoms with Crippen molar-refractivity contribution >= 4 is 10.9 Å². The van der Waals surface area contributed by atoms with Gasteiger partial charge in [-0.3, -0.25) is 4.79 Å². The van der Waals surface area contributed by atoms with Crippen LogP contribution < -0.4 is 10.2 Å². The normalized spacial score (nSPS) is 12.1. The molecular formula is C27H21NO2. The van der Waals surface area contributed by atoms with Crippen molar-refractivity contribution in [3.8, 4) is 17.6 Å². The highest BCUT2D eigenvalue weighted by molar-refractivity contribution is 5.80. The molecule has 3 nitrogen and oxygen atoms in total. The van der Waals surface area contributed by atoms with E-state index in [1.54, 1.807) is 0 Å². The fraction of sp³-hybridized carbons (Fsp3) is 0.148. The maximum atomic E-state index is 13.0. The van der Waals surface area contributed by atoms with Crippen LogP contribution in [0.25, 0.3) is 10.9 Å². The SMILES string of the molecule is O=c1c(Cc2ccccc2)c[nH]c2ccc(C#CCc3ccc4c(c3)CCO4)cc12. The van der Waals surface area contributed by atoms with Crippen LogP contribution in [-0.4, -0.2) is 11.6 Å². The summed E-state index contributed by atoms with van der Waals surface area (Å²) in [6.07, 6.45) is 4.08. The predicted octanol–water partition coefficient (Wildman–Crippen LogP) is 4.65. The van der Waals surface area contributed by atoms with Gasteiger partial charge in [0.2, 0.25) is 0 Å². The van der Waals surface area contributed by atoms with E-state index in [1.165, 1.54) is 11.1 Å². The lowest BCUT2D eigenvalue weighted by Gasteiger charge is -2.04. The topological polar surface area (TPSA) is 42.1 Å². The Morgan fingerprint density at radius 1 is 0.967 bits per heavy atom. The van der Waals surface area contributed by atoms with Crippen LogP contribution in [0.2, 0.25) is 0 Å². The Bertz CT molecular complexity index is 1340. The Labute approximate surface area is 175 Å². The Morgan fingerprint density at radius 2 is 1.87 bits per heavy atom. The number of nitrogens with one attached hydrogen (secondary N) is 1. The summed E-state index contributed by atoms with van der Waals surface area (Å²) in [6, 6.07) is 22.1. The van der Waals surface area contributed by atoms with Crippen molar-refractivity contribution < 1.29 is 4.74 Å². The first-order valence-electron chi connectivity index (χ1n) is 10.2. The molecule has 1 aliphatic rings. The number of hydrogen-bond acceptors (Lipinski definition) is 2. The zero-order chi connectivity index (χ0) is 20.3. The summed E-state index contributed by atoms with van der Waals surface area (Å²) in [5.74, 6) is 7.45. The van der Waals surface area contributed by atoms with Crippen LogP contribution in [0.5, 0.6) is 5.75 Å². The quantitative estimate of drug-likeness (QED) is 0.517. The van der Waals surface area contributed by atoms with E-state index in [1.807, 2.05) is 60.8 Å². The Morgan fingerprint density at radius 3 is 2.77 bits per heavy atom. The zero-order valence-corrected chi connectivity index (χ0v) is 16.6. The van der Waals surface area contributed by atoms with Crippen molar-refractivity contribution in [1.82, 2.24) is 4.98 Å². The lowest BCUT2D eigenvalue weighted by Crippen LogP contribution is -2.10. The van der Waals surface area contributed by atoms with E-state index >= 15 is 0 Å². The van der Waals surface area contributed by atoms with Crippen molar-refractivity contribution in [2.45, 2.75) is 19.3 Å². The van der Waals surface area contributed by atoms with E-state index in [0.717, 1.165) is 41.0 Å². The lowest BCUT2D eigenvalue weighted by atomic mass is 10.0. The zero-order valence-electron chi connectivity index (χ0n) is 16.6. The third-order valence-corrected chi connectivity index (χ3v) is 5.47. The number of fused-ring (bicyclic) bond motifs is 2. The van der Waals surface area contributed by atoms with Gasteiger partial charge in [0.15, 0.2) is 5.43 Å². The summed E-state index contributed by atoms with van der Waals surface area (Å²) >= 11 is 0. The Hall–Kier alpha value is -3.77. The molecule has 1 aliphatic heterocycles. The number of rotatable bonds is 3. The third-order valence-electron chi connectivity index (χ3n) is 5.47. The first kappa shape index (κ1) is 18.3. The van der Waals surface area contributed by atoms with E-state index < -0.39 is 0 Å². The summed E-state index contributed by atoms with van der Waals surface area (Å²) in [5, 5.41) is 0.685. The van der Waals surface area contributed by atoms with E-state index in [0.29, 0.717) is 18.2 Å². The van der Waals surface area contributed by atoms with Gasteiger partial charge in [0.05, 0.1) is 6.61 Å². The number of aromatic amines is 1. The summed E-state index contributed by atoms with van der Waals surface area (Å²) in [4.78, 5) is 16.3. The fourth-order valence-corrected chi connectivity index (χ4v) is 3.88. The van der Waals surface area contributed by atoms with Crippen molar-refractivity contribution in [2.24, 2.45) is 0 Å². The van der Waals surface area contributed by atoms with Gasteiger partial charge in [-0.05, 0) is 41.0 Å². The van der Waals surface area contributed by atoms with Gasteiger partial charge in [0.1, 0.15) is 5.75 Å². The summed E-state index contributed by atoms with van der Waals surface area (Å²) in [6.45, 7) is 0.766. The highest BCUT2D eigenvalue weighted by Gasteiger charge is 2.11. The van der Waals surface area contributed by atoms with E-state index in [9.17, 15) is 4.79 Å². The molecule has 0 aliphatic carbocycles. The summed E-state index contributed by atoms with van der Waals surface area (Å²) in [5.41, 5.74) is 6.09. The smallest absolute Gasteiger partial charge is 0.192 e. The van der Waals surface area contributed by atoms with Gasteiger partial charge < -0.3 is 9.72 Å². The van der Waals surface area contributed by atoms with Crippen molar-refractivity contribution in [1.29, 1.82) is 0 Å². The third kappa shape index (κ3) is 3.73. The van der Waals surface area contributed by atoms with Gasteiger partial charge in [-0.25, -0.2) is 0 Å². The largest absolute Gasteiger partial charge is 0.493 e. The van der Waals surface area contributed by atoms with Crippen molar-refractivity contribution in [2.75, 3.05) is 6.61 Å². The average molecular weight is 391 g/mol. The van der Waals surface area contributed by atoms with Crippen molar-refractivity contribution in [3.63, 3.8) is 0 Å². The monoisotopic (exact) mass is 391 g/mol. The average Bonchev–Trinajstić information content (AvgIpc) is 3.25. The predicted molar refractivity (Wildman–Crippen MR) is 120 cm³/mol. The maximum absolute atomic E-state index is 13.0. The van der Waals surface area contributed by atoms with Crippen LogP contribution in [0, 0.1) is 11.8 Å². The van der Waals surface area contributed by atoms with Gasteiger partial charge in [-0.15, -0.1) is 0 Å². The van der Waals surface area contributed by atoms with Gasteiger partial charge in [-0.1, -0.05) is 54.3 Å². The first-order valence-corrected chi connectivity index (χ1v) is 10.2. The molecule has 146 valence electrons. The Balaban J connectivity index is 1.40. The molecule has 4 aromatic rings. The van der Waals surface area contributed by atoms with Crippen LogP contribution in [0.3, 0.4) is 0 Å². The van der Waals surface area contributed by atoms with Crippen LogP contribution >= 0.6 is 0 Å². The molecule has 0 saturated carbocycles. The number of benzene rings is 3. The second-order valence-electron chi connectivity index (χ2n) is 7.58. The van der Waals surface area contributed by atoms with Crippen molar-refractivity contribution in [3.05, 3.63) is 111 Å². The van der Waals surface area contributed by atoms with Crippen LogP contribution in [0.4, 0.5) is 0 Å². The molecule has 5 rings (SSSR count). The van der Waals surface area contributed by atoms with Gasteiger partial charge >= 0.3 is 0 Å². The lowest BCUT2D eigenvalue weighted by molar-refractivity contribution is 0.357. The minimum Gasteiger partial charge on any atom is -0.493 e. The fourth-order valence-electron chi connectivity index (χ4n) is 3.88. The number of ether oxygens (including phenoxy) is 1. The van der Waals surface area contributed by atoms with E-state index in [-0.39, 0.29) is 5.43 Å².